The summed E-state index contributed by atoms with van der Waals surface area (Å²) < 4.78 is 5.33. The zero-order valence-electron chi connectivity index (χ0n) is 14.0. The highest BCUT2D eigenvalue weighted by Crippen LogP contribution is 2.43. The Hall–Kier alpha value is -1.18. The third-order valence-electron chi connectivity index (χ3n) is 3.95. The van der Waals surface area contributed by atoms with Crippen LogP contribution in [0.3, 0.4) is 0 Å². The Labute approximate surface area is 146 Å². The van der Waals surface area contributed by atoms with Crippen LogP contribution in [0.25, 0.3) is 0 Å². The topological polar surface area (TPSA) is 29.5 Å². The highest BCUT2D eigenvalue weighted by molar-refractivity contribution is 7.79. The summed E-state index contributed by atoms with van der Waals surface area (Å²) in [6.45, 7) is 4.29. The van der Waals surface area contributed by atoms with Crippen molar-refractivity contribution in [2.45, 2.75) is 38.1 Å². The van der Waals surface area contributed by atoms with Crippen molar-refractivity contribution in [3.8, 4) is 11.5 Å². The second kappa shape index (κ2) is 8.61. The summed E-state index contributed by atoms with van der Waals surface area (Å²) in [6, 6.07) is 12.1. The zero-order valence-corrected chi connectivity index (χ0v) is 15.9. The van der Waals surface area contributed by atoms with Crippen LogP contribution in [0.2, 0.25) is 0 Å². The lowest BCUT2D eigenvalue weighted by molar-refractivity contribution is 0.410. The fourth-order valence-electron chi connectivity index (χ4n) is 2.71. The molecule has 0 saturated carbocycles. The molecule has 0 amide bonds. The molecule has 0 aliphatic heterocycles. The molecule has 4 heteroatoms. The second-order valence-electron chi connectivity index (χ2n) is 5.73. The van der Waals surface area contributed by atoms with Crippen molar-refractivity contribution < 1.29 is 9.84 Å². The summed E-state index contributed by atoms with van der Waals surface area (Å²) in [6.07, 6.45) is 2.12. The minimum absolute atomic E-state index is 0.302. The second-order valence-corrected chi connectivity index (χ2v) is 7.57. The van der Waals surface area contributed by atoms with E-state index in [0.717, 1.165) is 29.9 Å². The van der Waals surface area contributed by atoms with Gasteiger partial charge >= 0.3 is 0 Å². The van der Waals surface area contributed by atoms with E-state index in [1.807, 2.05) is 6.07 Å². The molecular weight excluding hydrogens is 323 g/mol. The molecule has 2 unspecified atom stereocenters. The van der Waals surface area contributed by atoms with Gasteiger partial charge < -0.3 is 9.84 Å². The van der Waals surface area contributed by atoms with Crippen LogP contribution in [0.1, 0.15) is 42.1 Å². The van der Waals surface area contributed by atoms with Crippen molar-refractivity contribution in [2.24, 2.45) is 0 Å². The van der Waals surface area contributed by atoms with Crippen LogP contribution in [-0.2, 0) is 5.75 Å². The number of thiol groups is 1. The van der Waals surface area contributed by atoms with Gasteiger partial charge in [-0.05, 0) is 42.4 Å². The van der Waals surface area contributed by atoms with E-state index in [2.05, 4.69) is 44.7 Å². The molecule has 0 aliphatic carbocycles. The SMILES string of the molecule is CCCC(Pc1ccc(C)cc1CS)c1cc(OC)ccc1O. The van der Waals surface area contributed by atoms with Crippen molar-refractivity contribution in [3.05, 3.63) is 53.1 Å². The van der Waals surface area contributed by atoms with Crippen LogP contribution in [0.4, 0.5) is 0 Å². The van der Waals surface area contributed by atoms with E-state index in [9.17, 15) is 5.11 Å². The normalized spacial score (nSPS) is 12.7. The third kappa shape index (κ3) is 4.65. The molecule has 124 valence electrons. The van der Waals surface area contributed by atoms with Crippen molar-refractivity contribution in [1.29, 1.82) is 0 Å². The van der Waals surface area contributed by atoms with Gasteiger partial charge in [0.2, 0.25) is 0 Å². The molecule has 0 bridgehead atoms. The number of hydrogen-bond donors (Lipinski definition) is 2. The van der Waals surface area contributed by atoms with Crippen molar-refractivity contribution >= 4 is 26.5 Å². The van der Waals surface area contributed by atoms with Gasteiger partial charge in [-0.1, -0.05) is 45.7 Å². The first-order valence-electron chi connectivity index (χ1n) is 7.92. The van der Waals surface area contributed by atoms with Gasteiger partial charge in [0, 0.05) is 17.0 Å². The molecule has 0 aromatic heterocycles. The lowest BCUT2D eigenvalue weighted by atomic mass is 10.1. The maximum Gasteiger partial charge on any atom is 0.119 e. The fourth-order valence-corrected chi connectivity index (χ4v) is 4.85. The number of benzene rings is 2. The average molecular weight is 348 g/mol. The van der Waals surface area contributed by atoms with E-state index in [-0.39, 0.29) is 0 Å². The van der Waals surface area contributed by atoms with Gasteiger partial charge in [0.25, 0.3) is 0 Å². The van der Waals surface area contributed by atoms with Gasteiger partial charge in [0.1, 0.15) is 11.5 Å². The molecule has 2 atom stereocenters. The minimum atomic E-state index is 0.302. The molecule has 0 saturated heterocycles. The number of methoxy groups -OCH3 is 1. The van der Waals surface area contributed by atoms with Gasteiger partial charge in [-0.25, -0.2) is 0 Å². The van der Waals surface area contributed by atoms with E-state index < -0.39 is 0 Å². The summed E-state index contributed by atoms with van der Waals surface area (Å²) >= 11 is 4.48. The molecule has 0 spiro atoms. The van der Waals surface area contributed by atoms with Crippen molar-refractivity contribution in [3.63, 3.8) is 0 Å². The molecule has 2 rings (SSSR count). The number of rotatable bonds is 7. The van der Waals surface area contributed by atoms with Gasteiger partial charge in [-0.15, -0.1) is 0 Å². The van der Waals surface area contributed by atoms with Crippen LogP contribution < -0.4 is 10.0 Å². The minimum Gasteiger partial charge on any atom is -0.508 e. The van der Waals surface area contributed by atoms with Crippen molar-refractivity contribution in [1.82, 2.24) is 0 Å². The third-order valence-corrected chi connectivity index (χ3v) is 6.04. The lowest BCUT2D eigenvalue weighted by Crippen LogP contribution is -2.07. The number of hydrogen-bond acceptors (Lipinski definition) is 3. The largest absolute Gasteiger partial charge is 0.508 e. The standard InChI is InChI=1S/C19H25O2PS/c1-4-5-19(16-11-15(21-3)7-8-17(16)20)22-18-9-6-13(2)10-14(18)12-23/h6-11,19-20,22-23H,4-5,12H2,1-3H3. The Morgan fingerprint density at radius 1 is 1.22 bits per heavy atom. The number of aromatic hydroxyl groups is 1. The molecule has 0 aliphatic rings. The molecule has 2 aromatic rings. The first-order valence-corrected chi connectivity index (χ1v) is 9.63. The highest BCUT2D eigenvalue weighted by Gasteiger charge is 2.18. The molecule has 0 heterocycles. The summed E-state index contributed by atoms with van der Waals surface area (Å²) in [5.74, 6) is 1.89. The van der Waals surface area contributed by atoms with E-state index in [1.165, 1.54) is 16.4 Å². The van der Waals surface area contributed by atoms with Crippen LogP contribution in [0.5, 0.6) is 11.5 Å². The first kappa shape index (κ1) is 18.2. The van der Waals surface area contributed by atoms with Crippen LogP contribution in [-0.4, -0.2) is 12.2 Å². The Bertz CT molecular complexity index is 658. The summed E-state index contributed by atoms with van der Waals surface area (Å²) in [5, 5.41) is 11.6. The predicted octanol–water partition coefficient (Wildman–Crippen LogP) is 4.98. The summed E-state index contributed by atoms with van der Waals surface area (Å²) in [4.78, 5) is 0. The first-order chi connectivity index (χ1) is 11.1. The van der Waals surface area contributed by atoms with Crippen LogP contribution >= 0.6 is 21.2 Å². The monoisotopic (exact) mass is 348 g/mol. The van der Waals surface area contributed by atoms with Crippen LogP contribution in [0, 0.1) is 6.92 Å². The Morgan fingerprint density at radius 2 is 2.00 bits per heavy atom. The fraction of sp³-hybridized carbons (Fsp3) is 0.368. The van der Waals surface area contributed by atoms with Gasteiger partial charge in [-0.2, -0.15) is 12.6 Å². The zero-order chi connectivity index (χ0) is 16.8. The molecule has 0 fully saturated rings. The average Bonchev–Trinajstić information content (AvgIpc) is 2.56. The smallest absolute Gasteiger partial charge is 0.119 e. The summed E-state index contributed by atoms with van der Waals surface area (Å²) in [5.41, 5.74) is 3.83. The van der Waals surface area contributed by atoms with E-state index in [4.69, 9.17) is 4.74 Å². The molecule has 0 radical (unpaired) electrons. The van der Waals surface area contributed by atoms with E-state index >= 15 is 0 Å². The Balaban J connectivity index is 2.36. The molecule has 2 aromatic carbocycles. The number of phenolic OH excluding ortho intramolecular Hbond substituents is 1. The quantitative estimate of drug-likeness (QED) is 0.546. The molecule has 2 nitrogen and oxygen atoms in total. The highest BCUT2D eigenvalue weighted by atomic mass is 32.1. The maximum absolute atomic E-state index is 10.3. The van der Waals surface area contributed by atoms with Crippen LogP contribution in [0.15, 0.2) is 36.4 Å². The lowest BCUT2D eigenvalue weighted by Gasteiger charge is -2.20. The van der Waals surface area contributed by atoms with E-state index in [1.54, 1.807) is 19.2 Å². The van der Waals surface area contributed by atoms with Crippen molar-refractivity contribution in [2.75, 3.05) is 7.11 Å². The number of phenols is 1. The molecule has 1 N–H and O–H groups in total. The van der Waals surface area contributed by atoms with Gasteiger partial charge in [-0.3, -0.25) is 0 Å². The molecular formula is C19H25O2PS. The van der Waals surface area contributed by atoms with Gasteiger partial charge in [0.05, 0.1) is 7.11 Å². The summed E-state index contributed by atoms with van der Waals surface area (Å²) in [7, 11) is 2.27. The predicted molar refractivity (Wildman–Crippen MR) is 104 cm³/mol. The maximum atomic E-state index is 10.3. The Morgan fingerprint density at radius 3 is 2.65 bits per heavy atom. The van der Waals surface area contributed by atoms with E-state index in [0.29, 0.717) is 20.0 Å². The number of ether oxygens (including phenoxy) is 1. The Kier molecular flexibility index (Phi) is 6.80. The number of aryl methyl sites for hydroxylation is 1. The van der Waals surface area contributed by atoms with Gasteiger partial charge in [0.15, 0.2) is 0 Å². The molecule has 23 heavy (non-hydrogen) atoms.